The summed E-state index contributed by atoms with van der Waals surface area (Å²) in [7, 11) is 1.52. The summed E-state index contributed by atoms with van der Waals surface area (Å²) in [6, 6.07) is 28.5. The van der Waals surface area contributed by atoms with Gasteiger partial charge in [-0.25, -0.2) is 4.98 Å². The topological polar surface area (TPSA) is 73.2 Å². The first-order valence-corrected chi connectivity index (χ1v) is 13.2. The van der Waals surface area contributed by atoms with Gasteiger partial charge in [-0.15, -0.1) is 0 Å². The highest BCUT2D eigenvalue weighted by molar-refractivity contribution is 8.00. The summed E-state index contributed by atoms with van der Waals surface area (Å²) in [5.74, 6) is 0.193. The Morgan fingerprint density at radius 1 is 0.921 bits per heavy atom. The van der Waals surface area contributed by atoms with Gasteiger partial charge in [-0.3, -0.25) is 14.2 Å². The molecule has 1 aromatic heterocycles. The molecular weight excluding hydrogens is 541 g/mol. The van der Waals surface area contributed by atoms with Gasteiger partial charge >= 0.3 is 0 Å². The molecule has 0 saturated heterocycles. The zero-order valence-electron chi connectivity index (χ0n) is 20.1. The van der Waals surface area contributed by atoms with E-state index < -0.39 is 5.25 Å². The molecule has 0 aliphatic rings. The largest absolute Gasteiger partial charge is 0.495 e. The summed E-state index contributed by atoms with van der Waals surface area (Å²) in [5.41, 5.74) is 1.98. The van der Waals surface area contributed by atoms with Crippen LogP contribution in [0.25, 0.3) is 16.6 Å². The predicted octanol–water partition coefficient (Wildman–Crippen LogP) is 7.17. The molecule has 1 amide bonds. The fourth-order valence-electron chi connectivity index (χ4n) is 4.00. The number of halogens is 2. The molecule has 0 spiro atoms. The van der Waals surface area contributed by atoms with Gasteiger partial charge < -0.3 is 10.1 Å². The lowest BCUT2D eigenvalue weighted by molar-refractivity contribution is -0.115. The number of anilines is 1. The van der Waals surface area contributed by atoms with Crippen molar-refractivity contribution in [3.63, 3.8) is 0 Å². The monoisotopic (exact) mass is 561 g/mol. The Labute approximate surface area is 233 Å². The number of thioether (sulfide) groups is 1. The number of ether oxygens (including phenoxy) is 1. The minimum absolute atomic E-state index is 0.277. The van der Waals surface area contributed by atoms with E-state index in [0.717, 1.165) is 17.3 Å². The molecular formula is C29H21Cl2N3O3S. The lowest BCUT2D eigenvalue weighted by Gasteiger charge is -2.20. The lowest BCUT2D eigenvalue weighted by Crippen LogP contribution is -2.24. The number of nitrogens with one attached hydrogen (secondary N) is 1. The van der Waals surface area contributed by atoms with Gasteiger partial charge in [0, 0.05) is 5.69 Å². The van der Waals surface area contributed by atoms with Crippen LogP contribution in [0.1, 0.15) is 10.8 Å². The van der Waals surface area contributed by atoms with Gasteiger partial charge in [-0.05, 0) is 48.0 Å². The van der Waals surface area contributed by atoms with Crippen molar-refractivity contribution in [2.45, 2.75) is 10.4 Å². The highest BCUT2D eigenvalue weighted by Crippen LogP contribution is 2.37. The van der Waals surface area contributed by atoms with Gasteiger partial charge in [-0.2, -0.15) is 0 Å². The van der Waals surface area contributed by atoms with Gasteiger partial charge in [0.15, 0.2) is 5.16 Å². The van der Waals surface area contributed by atoms with E-state index in [4.69, 9.17) is 32.9 Å². The maximum atomic E-state index is 13.7. The van der Waals surface area contributed by atoms with Gasteiger partial charge in [-0.1, -0.05) is 89.6 Å². The number of carbonyl (C=O) groups excluding carboxylic acids is 1. The molecule has 4 aromatic carbocycles. The third kappa shape index (κ3) is 5.27. The van der Waals surface area contributed by atoms with Gasteiger partial charge in [0.2, 0.25) is 5.91 Å². The Balaban J connectivity index is 1.62. The second-order valence-corrected chi connectivity index (χ2v) is 10.1. The number of carbonyl (C=O) groups is 1. The minimum atomic E-state index is -0.751. The number of hydrogen-bond acceptors (Lipinski definition) is 5. The van der Waals surface area contributed by atoms with Crippen LogP contribution in [0.4, 0.5) is 5.69 Å². The maximum absolute atomic E-state index is 13.7. The van der Waals surface area contributed by atoms with E-state index in [1.807, 2.05) is 36.4 Å². The van der Waals surface area contributed by atoms with Crippen molar-refractivity contribution in [3.8, 4) is 11.4 Å². The second-order valence-electron chi connectivity index (χ2n) is 8.25. The van der Waals surface area contributed by atoms with Crippen LogP contribution in [0.3, 0.4) is 0 Å². The number of fused-ring (bicyclic) bond motifs is 1. The Morgan fingerprint density at radius 2 is 1.63 bits per heavy atom. The molecule has 190 valence electrons. The molecule has 1 heterocycles. The van der Waals surface area contributed by atoms with E-state index in [2.05, 4.69) is 5.32 Å². The molecule has 6 nitrogen and oxygen atoms in total. The van der Waals surface area contributed by atoms with Gasteiger partial charge in [0.1, 0.15) is 11.0 Å². The van der Waals surface area contributed by atoms with Crippen molar-refractivity contribution in [2.75, 3.05) is 12.4 Å². The standard InChI is InChI=1S/C29H21Cl2N3O3S/c1-37-25-16-15-19(17-22(25)31)32-27(35)26(18-9-3-2-4-10-18)38-29-33-23-13-7-5-11-20(23)28(36)34(29)24-14-8-6-12-21(24)30/h2-17,26H,1H3,(H,32,35). The van der Waals surface area contributed by atoms with E-state index >= 15 is 0 Å². The number of nitrogens with zero attached hydrogens (tertiary/aromatic N) is 2. The Hall–Kier alpha value is -3.78. The van der Waals surface area contributed by atoms with Crippen molar-refractivity contribution in [2.24, 2.45) is 0 Å². The quantitative estimate of drug-likeness (QED) is 0.168. The van der Waals surface area contributed by atoms with Crippen LogP contribution in [-0.4, -0.2) is 22.6 Å². The fourth-order valence-corrected chi connectivity index (χ4v) is 5.58. The normalized spacial score (nSPS) is 11.8. The van der Waals surface area contributed by atoms with E-state index in [1.165, 1.54) is 11.7 Å². The minimum Gasteiger partial charge on any atom is -0.495 e. The van der Waals surface area contributed by atoms with Crippen molar-refractivity contribution < 1.29 is 9.53 Å². The molecule has 1 unspecified atom stereocenters. The Bertz CT molecular complexity index is 1690. The Kier molecular flexibility index (Phi) is 7.69. The van der Waals surface area contributed by atoms with Crippen molar-refractivity contribution >= 4 is 57.5 Å². The number of methoxy groups -OCH3 is 1. The number of amides is 1. The van der Waals surface area contributed by atoms with Gasteiger partial charge in [0.05, 0.1) is 33.7 Å². The smallest absolute Gasteiger partial charge is 0.266 e. The first-order valence-electron chi connectivity index (χ1n) is 11.6. The lowest BCUT2D eigenvalue weighted by atomic mass is 10.1. The fraction of sp³-hybridized carbons (Fsp3) is 0.0690. The molecule has 1 N–H and O–H groups in total. The third-order valence-corrected chi connectivity index (χ3v) is 7.64. The number of benzene rings is 4. The van der Waals surface area contributed by atoms with Crippen molar-refractivity contribution in [1.29, 1.82) is 0 Å². The average molecular weight is 562 g/mol. The highest BCUT2D eigenvalue weighted by atomic mass is 35.5. The second kappa shape index (κ2) is 11.3. The predicted molar refractivity (Wildman–Crippen MR) is 154 cm³/mol. The van der Waals surface area contributed by atoms with Crippen molar-refractivity contribution in [3.05, 3.63) is 123 Å². The number of para-hydroxylation sites is 2. The molecule has 0 saturated carbocycles. The SMILES string of the molecule is COc1ccc(NC(=O)C(Sc2nc3ccccc3c(=O)n2-c2ccccc2Cl)c2ccccc2)cc1Cl. The third-order valence-electron chi connectivity index (χ3n) is 5.82. The molecule has 5 aromatic rings. The molecule has 38 heavy (non-hydrogen) atoms. The number of rotatable bonds is 7. The number of aromatic nitrogens is 2. The molecule has 1 atom stereocenters. The maximum Gasteiger partial charge on any atom is 0.266 e. The molecule has 9 heteroatoms. The van der Waals surface area contributed by atoms with E-state index in [1.54, 1.807) is 60.7 Å². The molecule has 0 radical (unpaired) electrons. The van der Waals surface area contributed by atoms with E-state index in [0.29, 0.717) is 43.2 Å². The summed E-state index contributed by atoms with van der Waals surface area (Å²) < 4.78 is 6.67. The van der Waals surface area contributed by atoms with Crippen molar-refractivity contribution in [1.82, 2.24) is 9.55 Å². The van der Waals surface area contributed by atoms with Crippen LogP contribution in [0.2, 0.25) is 10.0 Å². The summed E-state index contributed by atoms with van der Waals surface area (Å²) >= 11 is 14.0. The van der Waals surface area contributed by atoms with Crippen LogP contribution in [0.5, 0.6) is 5.75 Å². The average Bonchev–Trinajstić information content (AvgIpc) is 2.93. The van der Waals surface area contributed by atoms with E-state index in [-0.39, 0.29) is 11.5 Å². The highest BCUT2D eigenvalue weighted by Gasteiger charge is 2.26. The van der Waals surface area contributed by atoms with E-state index in [9.17, 15) is 9.59 Å². The molecule has 0 aliphatic carbocycles. The first kappa shape index (κ1) is 25.9. The molecule has 0 fully saturated rings. The van der Waals surface area contributed by atoms with Crippen LogP contribution in [0.15, 0.2) is 107 Å². The zero-order chi connectivity index (χ0) is 26.6. The van der Waals surface area contributed by atoms with Gasteiger partial charge in [0.25, 0.3) is 5.56 Å². The van der Waals surface area contributed by atoms with Crippen LogP contribution in [0, 0.1) is 0 Å². The first-order chi connectivity index (χ1) is 18.5. The van der Waals surface area contributed by atoms with Crippen LogP contribution >= 0.6 is 35.0 Å². The number of hydrogen-bond donors (Lipinski definition) is 1. The molecule has 0 bridgehead atoms. The summed E-state index contributed by atoms with van der Waals surface area (Å²) in [5, 5.41) is 3.73. The Morgan fingerprint density at radius 3 is 2.37 bits per heavy atom. The van der Waals surface area contributed by atoms with Crippen LogP contribution in [-0.2, 0) is 4.79 Å². The summed E-state index contributed by atoms with van der Waals surface area (Å²) in [4.78, 5) is 32.2. The molecule has 5 rings (SSSR count). The summed E-state index contributed by atoms with van der Waals surface area (Å²) in [6.07, 6.45) is 0. The van der Waals surface area contributed by atoms with Crippen LogP contribution < -0.4 is 15.6 Å². The molecule has 0 aliphatic heterocycles. The zero-order valence-corrected chi connectivity index (χ0v) is 22.4. The summed E-state index contributed by atoms with van der Waals surface area (Å²) in [6.45, 7) is 0.